The Morgan fingerprint density at radius 2 is 1.93 bits per heavy atom. The van der Waals surface area contributed by atoms with Crippen molar-refractivity contribution in [3.63, 3.8) is 0 Å². The van der Waals surface area contributed by atoms with E-state index in [0.29, 0.717) is 23.7 Å². The maximum Gasteiger partial charge on any atom is 0.350 e. The van der Waals surface area contributed by atoms with Crippen LogP contribution >= 0.6 is 11.3 Å². The van der Waals surface area contributed by atoms with Crippen LogP contribution in [-0.4, -0.2) is 54.3 Å². The van der Waals surface area contributed by atoms with Gasteiger partial charge in [-0.05, 0) is 25.8 Å². The summed E-state index contributed by atoms with van der Waals surface area (Å²) < 4.78 is 33.2. The Labute approximate surface area is 167 Å². The topological polar surface area (TPSA) is 111 Å². The van der Waals surface area contributed by atoms with Crippen LogP contribution in [-0.2, 0) is 21.8 Å². The molecule has 0 bridgehead atoms. The van der Waals surface area contributed by atoms with E-state index >= 15 is 0 Å². The van der Waals surface area contributed by atoms with Crippen molar-refractivity contribution in [2.45, 2.75) is 31.1 Å². The number of carbonyl (C=O) groups is 2. The van der Waals surface area contributed by atoms with Crippen LogP contribution in [0.5, 0.6) is 0 Å². The molecule has 0 aromatic carbocycles. The molecule has 1 aliphatic heterocycles. The normalized spacial score (nSPS) is 15.4. The van der Waals surface area contributed by atoms with E-state index in [-0.39, 0.29) is 15.7 Å². The first-order chi connectivity index (χ1) is 13.2. The summed E-state index contributed by atoms with van der Waals surface area (Å²) in [6.45, 7) is 2.63. The second-order valence-corrected chi connectivity index (χ2v) is 9.45. The molecule has 0 radical (unpaired) electrons. The molecule has 0 spiro atoms. The van der Waals surface area contributed by atoms with E-state index in [2.05, 4.69) is 15.0 Å². The summed E-state index contributed by atoms with van der Waals surface area (Å²) in [6.07, 6.45) is 4.14. The van der Waals surface area contributed by atoms with Crippen LogP contribution in [0.3, 0.4) is 0 Å². The van der Waals surface area contributed by atoms with Gasteiger partial charge in [0.05, 0.1) is 12.8 Å². The van der Waals surface area contributed by atoms with Gasteiger partial charge in [0.2, 0.25) is 10.0 Å². The first kappa shape index (κ1) is 20.5. The van der Waals surface area contributed by atoms with Gasteiger partial charge >= 0.3 is 5.97 Å². The third kappa shape index (κ3) is 3.96. The number of ether oxygens (including phenoxy) is 1. The van der Waals surface area contributed by atoms with Crippen molar-refractivity contribution in [1.29, 1.82) is 0 Å². The lowest BCUT2D eigenvalue weighted by Gasteiger charge is -2.25. The van der Waals surface area contributed by atoms with E-state index in [1.807, 2.05) is 0 Å². The number of thiazole rings is 1. The molecule has 11 heteroatoms. The predicted molar refractivity (Wildman–Crippen MR) is 104 cm³/mol. The average molecular weight is 427 g/mol. The van der Waals surface area contributed by atoms with Gasteiger partial charge in [-0.25, -0.2) is 18.2 Å². The zero-order valence-corrected chi connectivity index (χ0v) is 17.5. The number of sulfonamides is 1. The molecular formula is C17H22N4O5S2. The van der Waals surface area contributed by atoms with Crippen molar-refractivity contribution in [1.82, 2.24) is 13.9 Å². The maximum absolute atomic E-state index is 12.8. The van der Waals surface area contributed by atoms with Crippen LogP contribution in [0, 0.1) is 6.92 Å². The highest BCUT2D eigenvalue weighted by Crippen LogP contribution is 2.25. The number of carbonyl (C=O) groups excluding carboxylic acids is 2. The molecule has 2 aromatic heterocycles. The smallest absolute Gasteiger partial charge is 0.350 e. The first-order valence-corrected chi connectivity index (χ1v) is 11.0. The van der Waals surface area contributed by atoms with E-state index in [0.717, 1.165) is 30.6 Å². The largest absolute Gasteiger partial charge is 0.465 e. The van der Waals surface area contributed by atoms with Gasteiger partial charge in [-0.3, -0.25) is 10.1 Å². The maximum atomic E-state index is 12.8. The van der Waals surface area contributed by atoms with Crippen molar-refractivity contribution >= 4 is 38.4 Å². The van der Waals surface area contributed by atoms with Gasteiger partial charge < -0.3 is 9.30 Å². The molecule has 1 N–H and O–H groups in total. The molecule has 0 saturated carbocycles. The van der Waals surface area contributed by atoms with E-state index < -0.39 is 21.9 Å². The Balaban J connectivity index is 1.81. The molecule has 3 heterocycles. The molecule has 0 unspecified atom stereocenters. The summed E-state index contributed by atoms with van der Waals surface area (Å²) >= 11 is 1.00. The summed E-state index contributed by atoms with van der Waals surface area (Å²) in [4.78, 5) is 28.9. The second kappa shape index (κ2) is 8.02. The van der Waals surface area contributed by atoms with E-state index in [1.165, 1.54) is 28.2 Å². The number of esters is 1. The lowest BCUT2D eigenvalue weighted by molar-refractivity contribution is 0.0605. The molecule has 28 heavy (non-hydrogen) atoms. The van der Waals surface area contributed by atoms with Gasteiger partial charge in [-0.2, -0.15) is 4.31 Å². The minimum Gasteiger partial charge on any atom is -0.465 e. The summed E-state index contributed by atoms with van der Waals surface area (Å²) in [5, 5.41) is 2.86. The number of piperidine rings is 1. The Morgan fingerprint density at radius 3 is 2.57 bits per heavy atom. The molecule has 1 saturated heterocycles. The fourth-order valence-corrected chi connectivity index (χ4v) is 5.52. The Hall–Kier alpha value is -2.24. The van der Waals surface area contributed by atoms with Crippen LogP contribution in [0.1, 0.15) is 45.1 Å². The molecule has 3 rings (SSSR count). The van der Waals surface area contributed by atoms with Gasteiger partial charge in [0, 0.05) is 26.3 Å². The van der Waals surface area contributed by atoms with Crippen molar-refractivity contribution in [3.05, 3.63) is 28.5 Å². The van der Waals surface area contributed by atoms with Gasteiger partial charge in [0.15, 0.2) is 5.13 Å². The van der Waals surface area contributed by atoms with Crippen molar-refractivity contribution < 1.29 is 22.7 Å². The number of rotatable bonds is 5. The summed E-state index contributed by atoms with van der Waals surface area (Å²) in [5.74, 6) is -1.03. The summed E-state index contributed by atoms with van der Waals surface area (Å²) in [6, 6.07) is 1.36. The predicted octanol–water partition coefficient (Wildman–Crippen LogP) is 2.00. The standard InChI is InChI=1S/C17H22N4O5S2/c1-11-14(16(23)26-3)27-17(18-11)19-15(22)13-9-12(10-20(13)2)28(24,25)21-7-5-4-6-8-21/h9-10H,4-8H2,1-3H3,(H,18,19,22). The minimum absolute atomic E-state index is 0.0904. The number of aryl methyl sites for hydroxylation is 2. The number of aromatic nitrogens is 2. The van der Waals surface area contributed by atoms with Crippen LogP contribution in [0.25, 0.3) is 0 Å². The quantitative estimate of drug-likeness (QED) is 0.732. The summed E-state index contributed by atoms with van der Waals surface area (Å²) in [5.41, 5.74) is 0.635. The first-order valence-electron chi connectivity index (χ1n) is 8.77. The summed E-state index contributed by atoms with van der Waals surface area (Å²) in [7, 11) is -0.749. The van der Waals surface area contributed by atoms with Crippen molar-refractivity contribution in [2.24, 2.45) is 7.05 Å². The molecular weight excluding hydrogens is 404 g/mol. The SMILES string of the molecule is COC(=O)c1sc(NC(=O)c2cc(S(=O)(=O)N3CCCCC3)cn2C)nc1C. The lowest BCUT2D eigenvalue weighted by atomic mass is 10.2. The molecule has 1 fully saturated rings. The Morgan fingerprint density at radius 1 is 1.25 bits per heavy atom. The highest BCUT2D eigenvalue weighted by molar-refractivity contribution is 7.89. The average Bonchev–Trinajstić information content (AvgIpc) is 3.24. The fourth-order valence-electron chi connectivity index (χ4n) is 3.05. The Kier molecular flexibility index (Phi) is 5.87. The number of hydrogen-bond acceptors (Lipinski definition) is 7. The van der Waals surface area contributed by atoms with Crippen molar-refractivity contribution in [2.75, 3.05) is 25.5 Å². The fraction of sp³-hybridized carbons (Fsp3) is 0.471. The number of methoxy groups -OCH3 is 1. The van der Waals surface area contributed by atoms with Crippen molar-refractivity contribution in [3.8, 4) is 0 Å². The highest BCUT2D eigenvalue weighted by Gasteiger charge is 2.28. The number of hydrogen-bond donors (Lipinski definition) is 1. The van der Waals surface area contributed by atoms with Crippen LogP contribution < -0.4 is 5.32 Å². The second-order valence-electron chi connectivity index (χ2n) is 6.52. The molecule has 9 nitrogen and oxygen atoms in total. The Bertz CT molecular complexity index is 1000. The molecule has 0 aliphatic carbocycles. The third-order valence-electron chi connectivity index (χ3n) is 4.55. The minimum atomic E-state index is -3.63. The van der Waals surface area contributed by atoms with Crippen LogP contribution in [0.4, 0.5) is 5.13 Å². The van der Waals surface area contributed by atoms with E-state index in [1.54, 1.807) is 14.0 Å². The molecule has 0 atom stereocenters. The molecule has 2 aromatic rings. The number of amides is 1. The number of anilines is 1. The highest BCUT2D eigenvalue weighted by atomic mass is 32.2. The zero-order chi connectivity index (χ0) is 20.5. The third-order valence-corrected chi connectivity index (χ3v) is 7.47. The van der Waals surface area contributed by atoms with Crippen LogP contribution in [0.15, 0.2) is 17.2 Å². The molecule has 1 amide bonds. The molecule has 152 valence electrons. The molecule has 1 aliphatic rings. The number of nitrogens with zero attached hydrogens (tertiary/aromatic N) is 3. The van der Waals surface area contributed by atoms with Gasteiger partial charge in [-0.1, -0.05) is 17.8 Å². The van der Waals surface area contributed by atoms with E-state index in [4.69, 9.17) is 0 Å². The van der Waals surface area contributed by atoms with E-state index in [9.17, 15) is 18.0 Å². The zero-order valence-electron chi connectivity index (χ0n) is 15.9. The van der Waals surface area contributed by atoms with Gasteiger partial charge in [-0.15, -0.1) is 0 Å². The van der Waals surface area contributed by atoms with Crippen LogP contribution in [0.2, 0.25) is 0 Å². The van der Waals surface area contributed by atoms with Gasteiger partial charge in [0.1, 0.15) is 15.5 Å². The monoisotopic (exact) mass is 426 g/mol. The lowest BCUT2D eigenvalue weighted by Crippen LogP contribution is -2.35. The van der Waals surface area contributed by atoms with Gasteiger partial charge in [0.25, 0.3) is 5.91 Å². The number of nitrogens with one attached hydrogen (secondary N) is 1.